The highest BCUT2D eigenvalue weighted by Gasteiger charge is 2.16. The zero-order chi connectivity index (χ0) is 15.6. The second-order valence-electron chi connectivity index (χ2n) is 4.17. The Hall–Kier alpha value is -1.25. The Balaban J connectivity index is 2.37. The van der Waals surface area contributed by atoms with Crippen LogP contribution in [0.3, 0.4) is 0 Å². The van der Waals surface area contributed by atoms with Gasteiger partial charge in [-0.25, -0.2) is 8.42 Å². The number of benzene rings is 2. The quantitative estimate of drug-likeness (QED) is 0.718. The lowest BCUT2D eigenvalue weighted by Gasteiger charge is -2.11. The van der Waals surface area contributed by atoms with Crippen LogP contribution in [-0.2, 0) is 10.0 Å². The maximum absolute atomic E-state index is 12.3. The molecule has 0 aliphatic carbocycles. The number of anilines is 2. The largest absolute Gasteiger partial charge is 0.497 e. The molecule has 2 aromatic carbocycles. The van der Waals surface area contributed by atoms with Crippen LogP contribution in [0.15, 0.2) is 50.2 Å². The van der Waals surface area contributed by atoms with Crippen molar-refractivity contribution in [3.8, 4) is 5.75 Å². The molecule has 0 spiro atoms. The molecule has 0 radical (unpaired) electrons. The van der Waals surface area contributed by atoms with E-state index in [-0.39, 0.29) is 4.90 Å². The lowest BCUT2D eigenvalue weighted by atomic mass is 10.3. The van der Waals surface area contributed by atoms with Gasteiger partial charge in [0, 0.05) is 20.7 Å². The number of hydrogen-bond acceptors (Lipinski definition) is 4. The van der Waals surface area contributed by atoms with E-state index in [1.165, 1.54) is 25.3 Å². The second-order valence-corrected chi connectivity index (χ2v) is 7.62. The van der Waals surface area contributed by atoms with E-state index in [9.17, 15) is 8.42 Å². The summed E-state index contributed by atoms with van der Waals surface area (Å²) in [5, 5.41) is 0. The van der Waals surface area contributed by atoms with Crippen LogP contribution in [0.5, 0.6) is 5.75 Å². The molecular weight excluding hydrogens is 424 g/mol. The average molecular weight is 436 g/mol. The van der Waals surface area contributed by atoms with Crippen molar-refractivity contribution < 1.29 is 13.2 Å². The zero-order valence-electron chi connectivity index (χ0n) is 10.9. The van der Waals surface area contributed by atoms with Gasteiger partial charge >= 0.3 is 0 Å². The molecule has 0 bridgehead atoms. The minimum absolute atomic E-state index is 0.113. The predicted octanol–water partition coefficient (Wildman–Crippen LogP) is 3.60. The van der Waals surface area contributed by atoms with Gasteiger partial charge in [-0.15, -0.1) is 0 Å². The number of sulfonamides is 1. The van der Waals surface area contributed by atoms with Gasteiger partial charge in [0.2, 0.25) is 0 Å². The molecule has 0 atom stereocenters. The summed E-state index contributed by atoms with van der Waals surface area (Å²) >= 11 is 6.51. The lowest BCUT2D eigenvalue weighted by Crippen LogP contribution is -2.13. The molecule has 0 unspecified atom stereocenters. The van der Waals surface area contributed by atoms with Crippen molar-refractivity contribution in [2.45, 2.75) is 4.90 Å². The molecule has 3 N–H and O–H groups in total. The van der Waals surface area contributed by atoms with Crippen LogP contribution in [0, 0.1) is 0 Å². The highest BCUT2D eigenvalue weighted by Crippen LogP contribution is 2.28. The first kappa shape index (κ1) is 16.1. The van der Waals surface area contributed by atoms with Crippen molar-refractivity contribution in [2.24, 2.45) is 0 Å². The van der Waals surface area contributed by atoms with Crippen molar-refractivity contribution in [3.05, 3.63) is 45.3 Å². The van der Waals surface area contributed by atoms with Gasteiger partial charge in [-0.2, -0.15) is 0 Å². The molecule has 0 amide bonds. The fourth-order valence-electron chi connectivity index (χ4n) is 1.63. The Bertz CT molecular complexity index is 779. The molecule has 0 aliphatic heterocycles. The van der Waals surface area contributed by atoms with Gasteiger partial charge in [-0.3, -0.25) is 4.72 Å². The van der Waals surface area contributed by atoms with Crippen LogP contribution in [0.4, 0.5) is 11.4 Å². The van der Waals surface area contributed by atoms with E-state index in [0.29, 0.717) is 26.1 Å². The monoisotopic (exact) mass is 434 g/mol. The van der Waals surface area contributed by atoms with Crippen LogP contribution in [0.25, 0.3) is 0 Å². The SMILES string of the molecule is COc1cc(Br)cc(NS(=O)(=O)c2ccc(N)c(Br)c2)c1. The molecule has 0 fully saturated rings. The molecule has 0 aromatic heterocycles. The normalized spacial score (nSPS) is 11.2. The van der Waals surface area contributed by atoms with E-state index >= 15 is 0 Å². The van der Waals surface area contributed by atoms with Crippen molar-refractivity contribution in [1.29, 1.82) is 0 Å². The lowest BCUT2D eigenvalue weighted by molar-refractivity contribution is 0.415. The van der Waals surface area contributed by atoms with Gasteiger partial charge in [0.1, 0.15) is 5.75 Å². The molecule has 0 aliphatic rings. The smallest absolute Gasteiger partial charge is 0.261 e. The standard InChI is InChI=1S/C13H12Br2N2O3S/c1-20-10-5-8(14)4-9(6-10)17-21(18,19)11-2-3-13(16)12(15)7-11/h2-7,17H,16H2,1H3. The third-order valence-electron chi connectivity index (χ3n) is 2.64. The van der Waals surface area contributed by atoms with E-state index in [0.717, 1.165) is 0 Å². The van der Waals surface area contributed by atoms with Gasteiger partial charge in [-0.05, 0) is 46.3 Å². The highest BCUT2D eigenvalue weighted by molar-refractivity contribution is 9.10. The summed E-state index contributed by atoms with van der Waals surface area (Å²) in [5.74, 6) is 0.542. The summed E-state index contributed by atoms with van der Waals surface area (Å²) in [6.07, 6.45) is 0. The van der Waals surface area contributed by atoms with E-state index < -0.39 is 10.0 Å². The van der Waals surface area contributed by atoms with E-state index in [1.54, 1.807) is 18.2 Å². The van der Waals surface area contributed by atoms with Crippen LogP contribution in [0.2, 0.25) is 0 Å². The molecule has 5 nitrogen and oxygen atoms in total. The van der Waals surface area contributed by atoms with Crippen LogP contribution >= 0.6 is 31.9 Å². The number of nitrogens with one attached hydrogen (secondary N) is 1. The zero-order valence-corrected chi connectivity index (χ0v) is 14.9. The molecule has 2 rings (SSSR count). The number of nitrogens with two attached hydrogens (primary N) is 1. The van der Waals surface area contributed by atoms with E-state index in [4.69, 9.17) is 10.5 Å². The Morgan fingerprint density at radius 3 is 2.48 bits per heavy atom. The van der Waals surface area contributed by atoms with Crippen LogP contribution < -0.4 is 15.2 Å². The number of methoxy groups -OCH3 is 1. The van der Waals surface area contributed by atoms with Crippen molar-refractivity contribution in [2.75, 3.05) is 17.6 Å². The topological polar surface area (TPSA) is 81.4 Å². The first-order chi connectivity index (χ1) is 9.81. The Morgan fingerprint density at radius 2 is 1.86 bits per heavy atom. The first-order valence-corrected chi connectivity index (χ1v) is 8.81. The van der Waals surface area contributed by atoms with Gasteiger partial charge in [0.15, 0.2) is 0 Å². The average Bonchev–Trinajstić information content (AvgIpc) is 2.40. The summed E-state index contributed by atoms with van der Waals surface area (Å²) in [5.41, 5.74) is 6.53. The second kappa shape index (κ2) is 6.25. The van der Waals surface area contributed by atoms with Gasteiger partial charge in [0.25, 0.3) is 10.0 Å². The Labute approximate surface area is 139 Å². The third-order valence-corrected chi connectivity index (χ3v) is 5.16. The molecular formula is C13H12Br2N2O3S. The maximum atomic E-state index is 12.3. The third kappa shape index (κ3) is 3.90. The number of ether oxygens (including phenoxy) is 1. The fraction of sp³-hybridized carbons (Fsp3) is 0.0769. The number of nitrogen functional groups attached to an aromatic ring is 1. The summed E-state index contributed by atoms with van der Waals surface area (Å²) in [6, 6.07) is 9.39. The first-order valence-electron chi connectivity index (χ1n) is 5.74. The number of hydrogen-bond donors (Lipinski definition) is 2. The van der Waals surface area contributed by atoms with Crippen molar-refractivity contribution >= 4 is 53.3 Å². The molecule has 0 heterocycles. The Kier molecular flexibility index (Phi) is 4.80. The van der Waals surface area contributed by atoms with Gasteiger partial charge in [-0.1, -0.05) is 15.9 Å². The maximum Gasteiger partial charge on any atom is 0.261 e. The van der Waals surface area contributed by atoms with Crippen molar-refractivity contribution in [1.82, 2.24) is 0 Å². The van der Waals surface area contributed by atoms with Crippen LogP contribution in [0.1, 0.15) is 0 Å². The summed E-state index contributed by atoms with van der Waals surface area (Å²) in [4.78, 5) is 0.113. The predicted molar refractivity (Wildman–Crippen MR) is 90.1 cm³/mol. The summed E-state index contributed by atoms with van der Waals surface area (Å²) < 4.78 is 33.5. The number of rotatable bonds is 4. The van der Waals surface area contributed by atoms with Crippen LogP contribution in [-0.4, -0.2) is 15.5 Å². The molecule has 112 valence electrons. The molecule has 0 saturated carbocycles. The Morgan fingerprint density at radius 1 is 1.14 bits per heavy atom. The summed E-state index contributed by atoms with van der Waals surface area (Å²) in [7, 11) is -2.20. The number of halogens is 2. The minimum atomic E-state index is -3.71. The highest BCUT2D eigenvalue weighted by atomic mass is 79.9. The van der Waals surface area contributed by atoms with E-state index in [2.05, 4.69) is 36.6 Å². The minimum Gasteiger partial charge on any atom is -0.497 e. The van der Waals surface area contributed by atoms with E-state index in [1.807, 2.05) is 0 Å². The molecule has 2 aromatic rings. The molecule has 0 saturated heterocycles. The van der Waals surface area contributed by atoms with Crippen molar-refractivity contribution in [3.63, 3.8) is 0 Å². The van der Waals surface area contributed by atoms with Gasteiger partial charge < -0.3 is 10.5 Å². The molecule has 8 heteroatoms. The fourth-order valence-corrected chi connectivity index (χ4v) is 3.70. The van der Waals surface area contributed by atoms with Gasteiger partial charge in [0.05, 0.1) is 17.7 Å². The molecule has 21 heavy (non-hydrogen) atoms. The summed E-state index contributed by atoms with van der Waals surface area (Å²) in [6.45, 7) is 0.